The van der Waals surface area contributed by atoms with Gasteiger partial charge in [-0.25, -0.2) is 0 Å². The Hall–Kier alpha value is -1.16. The number of nitrogens with one attached hydrogen (secondary N) is 1. The maximum Gasteiger partial charge on any atom is 0.244 e. The zero-order valence-electron chi connectivity index (χ0n) is 5.96. The van der Waals surface area contributed by atoms with Gasteiger partial charge in [0.1, 0.15) is 6.29 Å². The third kappa shape index (κ3) is 6.84. The van der Waals surface area contributed by atoms with Crippen molar-refractivity contribution in [2.45, 2.75) is 6.92 Å². The van der Waals surface area contributed by atoms with E-state index in [2.05, 4.69) is 5.32 Å². The first-order chi connectivity index (χ1) is 4.31. The van der Waals surface area contributed by atoms with Crippen LogP contribution in [0.15, 0.2) is 12.2 Å². The Morgan fingerprint density at radius 2 is 2.30 bits per heavy atom. The smallest absolute Gasteiger partial charge is 0.244 e. The van der Waals surface area contributed by atoms with E-state index in [4.69, 9.17) is 0 Å². The second kappa shape index (κ2) is 7.84. The molecule has 0 unspecified atom stereocenters. The summed E-state index contributed by atoms with van der Waals surface area (Å²) in [5.74, 6) is -0.232. The van der Waals surface area contributed by atoms with Gasteiger partial charge in [-0.15, -0.1) is 0 Å². The van der Waals surface area contributed by atoms with E-state index < -0.39 is 0 Å². The molecule has 4 nitrogen and oxygen atoms in total. The Labute approximate surface area is 62.9 Å². The Morgan fingerprint density at radius 3 is 2.70 bits per heavy atom. The number of allylic oxidation sites excluding steroid dienone is 1. The van der Waals surface area contributed by atoms with E-state index >= 15 is 0 Å². The van der Waals surface area contributed by atoms with Gasteiger partial charge in [0.05, 0.1) is 0 Å². The van der Waals surface area contributed by atoms with Crippen LogP contribution >= 0.6 is 0 Å². The molecule has 0 aromatic rings. The summed E-state index contributed by atoms with van der Waals surface area (Å²) in [6.07, 6.45) is 2.91. The second-order valence-corrected chi connectivity index (χ2v) is 1.39. The van der Waals surface area contributed by atoms with Crippen LogP contribution in [0.4, 0.5) is 0 Å². The molecule has 0 fully saturated rings. The maximum absolute atomic E-state index is 10.4. The summed E-state index contributed by atoms with van der Waals surface area (Å²) in [5.41, 5.74) is 0. The van der Waals surface area contributed by atoms with Crippen molar-refractivity contribution in [2.75, 3.05) is 6.54 Å². The monoisotopic (exact) mass is 148 g/mol. The van der Waals surface area contributed by atoms with E-state index in [1.165, 1.54) is 6.08 Å². The van der Waals surface area contributed by atoms with Crippen LogP contribution in [-0.2, 0) is 9.59 Å². The lowest BCUT2D eigenvalue weighted by molar-refractivity contribution is -0.116. The lowest BCUT2D eigenvalue weighted by atomic mass is 10.5. The third-order valence-electron chi connectivity index (χ3n) is 0.677. The Bertz CT molecular complexity index is 140. The molecule has 0 heterocycles. The van der Waals surface area contributed by atoms with Gasteiger partial charge in [0.25, 0.3) is 0 Å². The van der Waals surface area contributed by atoms with Gasteiger partial charge in [0, 0.05) is 15.5 Å². The molecule has 0 saturated heterocycles. The standard InChI is InChI=1S/C6H9NO2.H3N.2H2/c1-2-7-6(9)4-3-5-8;;;/h3-5H,2H2,1H3,(H,7,9);1H3;2*1H/b4-3+;;;. The molecule has 0 aromatic carbocycles. The first-order valence-electron chi connectivity index (χ1n) is 2.71. The summed E-state index contributed by atoms with van der Waals surface area (Å²) in [7, 11) is 0. The van der Waals surface area contributed by atoms with Crippen LogP contribution in [0, 0.1) is 0 Å². The lowest BCUT2D eigenvalue weighted by Crippen LogP contribution is -2.19. The Morgan fingerprint density at radius 1 is 1.70 bits per heavy atom. The largest absolute Gasteiger partial charge is 0.353 e. The van der Waals surface area contributed by atoms with E-state index in [0.717, 1.165) is 6.08 Å². The first-order valence-corrected chi connectivity index (χ1v) is 2.71. The number of likely N-dealkylation sites (N-methyl/N-ethyl adjacent to an activating group) is 1. The highest BCUT2D eigenvalue weighted by Gasteiger charge is 1.86. The number of amides is 1. The number of carbonyl (C=O) groups excluding carboxylic acids is 2. The van der Waals surface area contributed by atoms with Crippen LogP contribution in [0.3, 0.4) is 0 Å². The second-order valence-electron chi connectivity index (χ2n) is 1.39. The minimum Gasteiger partial charge on any atom is -0.353 e. The average molecular weight is 148 g/mol. The lowest BCUT2D eigenvalue weighted by Gasteiger charge is -1.91. The molecule has 0 radical (unpaired) electrons. The number of aldehydes is 1. The Balaban J connectivity index is -0.000000107. The van der Waals surface area contributed by atoms with E-state index in [0.29, 0.717) is 12.8 Å². The van der Waals surface area contributed by atoms with Crippen molar-refractivity contribution < 1.29 is 12.4 Å². The van der Waals surface area contributed by atoms with Crippen molar-refractivity contribution in [2.24, 2.45) is 0 Å². The van der Waals surface area contributed by atoms with Crippen molar-refractivity contribution in [3.63, 3.8) is 0 Å². The molecule has 0 aliphatic heterocycles. The fourth-order valence-electron chi connectivity index (χ4n) is 0.360. The number of hydrogen-bond donors (Lipinski definition) is 2. The van der Waals surface area contributed by atoms with E-state index in [9.17, 15) is 9.59 Å². The normalized spacial score (nSPS) is 8.50. The highest BCUT2D eigenvalue weighted by Crippen LogP contribution is 1.67. The number of rotatable bonds is 3. The summed E-state index contributed by atoms with van der Waals surface area (Å²) in [6.45, 7) is 2.40. The minimum absolute atomic E-state index is 0. The summed E-state index contributed by atoms with van der Waals surface area (Å²) in [4.78, 5) is 20.1. The molecule has 1 amide bonds. The molecular weight excluding hydrogens is 132 g/mol. The Kier molecular flexibility index (Phi) is 9.11. The van der Waals surface area contributed by atoms with Crippen LogP contribution < -0.4 is 11.5 Å². The molecule has 0 spiro atoms. The predicted molar refractivity (Wildman–Crippen MR) is 43.1 cm³/mol. The van der Waals surface area contributed by atoms with Gasteiger partial charge in [-0.1, -0.05) is 0 Å². The SMILES string of the molecule is CCNC(=O)/C=C/C=O.N.[HH].[HH]. The van der Waals surface area contributed by atoms with Crippen molar-refractivity contribution in [3.05, 3.63) is 12.2 Å². The first kappa shape index (κ1) is 11.6. The van der Waals surface area contributed by atoms with Gasteiger partial charge in [0.15, 0.2) is 0 Å². The van der Waals surface area contributed by atoms with Crippen molar-refractivity contribution >= 4 is 12.2 Å². The highest BCUT2D eigenvalue weighted by atomic mass is 16.1. The van der Waals surface area contributed by atoms with Gasteiger partial charge >= 0.3 is 0 Å². The number of hydrogen-bond acceptors (Lipinski definition) is 3. The van der Waals surface area contributed by atoms with Gasteiger partial charge < -0.3 is 11.5 Å². The molecule has 4 heteroatoms. The molecule has 10 heavy (non-hydrogen) atoms. The average Bonchev–Trinajstić information content (AvgIpc) is 1.85. The van der Waals surface area contributed by atoms with Crippen molar-refractivity contribution in [1.29, 1.82) is 0 Å². The van der Waals surface area contributed by atoms with Crippen LogP contribution in [0.1, 0.15) is 9.78 Å². The van der Waals surface area contributed by atoms with Gasteiger partial charge in [-0.2, -0.15) is 0 Å². The van der Waals surface area contributed by atoms with E-state index in [-0.39, 0.29) is 14.9 Å². The fraction of sp³-hybridized carbons (Fsp3) is 0.333. The third-order valence-corrected chi connectivity index (χ3v) is 0.677. The summed E-state index contributed by atoms with van der Waals surface area (Å²) >= 11 is 0. The van der Waals surface area contributed by atoms with Gasteiger partial charge in [0.2, 0.25) is 5.91 Å². The molecule has 0 aliphatic rings. The van der Waals surface area contributed by atoms with Crippen molar-refractivity contribution in [3.8, 4) is 0 Å². The molecule has 0 atom stereocenters. The molecular formula is C6H16N2O2. The molecule has 62 valence electrons. The molecule has 4 N–H and O–H groups in total. The van der Waals surface area contributed by atoms with E-state index in [1.54, 1.807) is 0 Å². The van der Waals surface area contributed by atoms with Crippen LogP contribution in [0.5, 0.6) is 0 Å². The predicted octanol–water partition coefficient (Wildman–Crippen LogP) is 0.532. The zero-order chi connectivity index (χ0) is 7.11. The van der Waals surface area contributed by atoms with Crippen LogP contribution in [-0.4, -0.2) is 18.7 Å². The number of carbonyl (C=O) groups is 2. The quantitative estimate of drug-likeness (QED) is 0.452. The molecule has 0 aromatic heterocycles. The minimum atomic E-state index is -0.232. The molecule has 0 bridgehead atoms. The van der Waals surface area contributed by atoms with Gasteiger partial charge in [-0.3, -0.25) is 9.59 Å². The van der Waals surface area contributed by atoms with E-state index in [1.807, 2.05) is 6.92 Å². The zero-order valence-corrected chi connectivity index (χ0v) is 5.96. The maximum atomic E-state index is 10.4. The van der Waals surface area contributed by atoms with Crippen LogP contribution in [0.2, 0.25) is 0 Å². The van der Waals surface area contributed by atoms with Gasteiger partial charge in [-0.05, 0) is 13.0 Å². The molecule has 0 aliphatic carbocycles. The van der Waals surface area contributed by atoms with Crippen LogP contribution in [0.25, 0.3) is 0 Å². The fourth-order valence-corrected chi connectivity index (χ4v) is 0.360. The summed E-state index contributed by atoms with van der Waals surface area (Å²) < 4.78 is 0. The molecule has 0 saturated carbocycles. The summed E-state index contributed by atoms with van der Waals surface area (Å²) in [6, 6.07) is 0. The highest BCUT2D eigenvalue weighted by molar-refractivity contribution is 5.90. The molecule has 0 rings (SSSR count). The topological polar surface area (TPSA) is 81.2 Å². The summed E-state index contributed by atoms with van der Waals surface area (Å²) in [5, 5.41) is 2.50. The van der Waals surface area contributed by atoms with Crippen molar-refractivity contribution in [1.82, 2.24) is 11.5 Å².